The predicted octanol–water partition coefficient (Wildman–Crippen LogP) is 2.45. The minimum atomic E-state index is -0.721. The van der Waals surface area contributed by atoms with E-state index < -0.39 is 6.10 Å². The Morgan fingerprint density at radius 3 is 2.74 bits per heavy atom. The molecule has 0 saturated carbocycles. The zero-order valence-corrected chi connectivity index (χ0v) is 14.6. The molecule has 0 spiro atoms. The molecule has 1 aliphatic heterocycles. The Kier molecular flexibility index (Phi) is 4.51. The maximum absolute atomic E-state index is 12.9. The molecular weight excluding hydrogens is 407 g/mol. The summed E-state index contributed by atoms with van der Waals surface area (Å²) in [5.74, 6) is 0.138. The number of likely N-dealkylation sites (N-methyl/N-ethyl adjacent to an activating group) is 1. The second kappa shape index (κ2) is 6.57. The van der Waals surface area contributed by atoms with Gasteiger partial charge in [-0.3, -0.25) is 9.59 Å². The van der Waals surface area contributed by atoms with Crippen LogP contribution in [0.2, 0.25) is 0 Å². The van der Waals surface area contributed by atoms with Crippen LogP contribution in [-0.4, -0.2) is 31.5 Å². The van der Waals surface area contributed by atoms with Crippen LogP contribution in [0.5, 0.6) is 5.75 Å². The molecule has 0 aliphatic carbocycles. The molecule has 1 atom stereocenters. The van der Waals surface area contributed by atoms with Crippen molar-refractivity contribution in [3.05, 3.63) is 57.7 Å². The van der Waals surface area contributed by atoms with Crippen LogP contribution in [0.15, 0.2) is 48.5 Å². The van der Waals surface area contributed by atoms with Crippen LogP contribution in [0.25, 0.3) is 0 Å². The summed E-state index contributed by atoms with van der Waals surface area (Å²) in [6.07, 6.45) is -0.721. The van der Waals surface area contributed by atoms with Crippen molar-refractivity contribution in [2.24, 2.45) is 0 Å². The summed E-state index contributed by atoms with van der Waals surface area (Å²) in [7, 11) is 1.55. The molecule has 2 aromatic rings. The molecule has 2 amide bonds. The van der Waals surface area contributed by atoms with Gasteiger partial charge < -0.3 is 15.0 Å². The standard InChI is InChI=1S/C17H15IN2O3/c1-19-16(21)15-10-20(13-7-2-3-8-14(13)23-15)17(22)11-5-4-6-12(18)9-11/h2-9,15H,10H2,1H3,(H,19,21)/t15-/m1/s1. The van der Waals surface area contributed by atoms with Crippen molar-refractivity contribution in [1.29, 1.82) is 0 Å². The van der Waals surface area contributed by atoms with Gasteiger partial charge in [-0.2, -0.15) is 0 Å². The molecule has 3 rings (SSSR count). The van der Waals surface area contributed by atoms with Gasteiger partial charge in [0.1, 0.15) is 5.75 Å². The summed E-state index contributed by atoms with van der Waals surface area (Å²) in [5.41, 5.74) is 1.26. The fraction of sp³-hybridized carbons (Fsp3) is 0.176. The third kappa shape index (κ3) is 3.17. The number of halogens is 1. The van der Waals surface area contributed by atoms with Crippen molar-refractivity contribution in [3.63, 3.8) is 0 Å². The number of nitrogens with one attached hydrogen (secondary N) is 1. The molecule has 118 valence electrons. The van der Waals surface area contributed by atoms with Gasteiger partial charge in [-0.05, 0) is 52.9 Å². The van der Waals surface area contributed by atoms with E-state index in [2.05, 4.69) is 27.9 Å². The third-order valence-electron chi connectivity index (χ3n) is 3.63. The highest BCUT2D eigenvalue weighted by Crippen LogP contribution is 2.34. The van der Waals surface area contributed by atoms with Crippen molar-refractivity contribution in [1.82, 2.24) is 5.32 Å². The average Bonchev–Trinajstić information content (AvgIpc) is 2.59. The second-order valence-corrected chi connectivity index (χ2v) is 6.36. The molecule has 0 unspecified atom stereocenters. The van der Waals surface area contributed by atoms with Crippen LogP contribution < -0.4 is 15.0 Å². The number of anilines is 1. The lowest BCUT2D eigenvalue weighted by molar-refractivity contribution is -0.127. The summed E-state index contributed by atoms with van der Waals surface area (Å²) < 4.78 is 6.70. The van der Waals surface area contributed by atoms with Crippen molar-refractivity contribution in [2.75, 3.05) is 18.5 Å². The number of carbonyl (C=O) groups is 2. The van der Waals surface area contributed by atoms with Gasteiger partial charge in [-0.15, -0.1) is 0 Å². The normalized spacial score (nSPS) is 16.3. The second-order valence-electron chi connectivity index (χ2n) is 5.11. The summed E-state index contributed by atoms with van der Waals surface area (Å²) >= 11 is 2.17. The SMILES string of the molecule is CNC(=O)[C@H]1CN(C(=O)c2cccc(I)c2)c2ccccc2O1. The van der Waals surface area contributed by atoms with Crippen molar-refractivity contribution in [2.45, 2.75) is 6.10 Å². The van der Waals surface area contributed by atoms with Crippen molar-refractivity contribution >= 4 is 40.1 Å². The number of hydrogen-bond acceptors (Lipinski definition) is 3. The predicted molar refractivity (Wildman–Crippen MR) is 95.8 cm³/mol. The van der Waals surface area contributed by atoms with E-state index in [0.717, 1.165) is 3.57 Å². The maximum Gasteiger partial charge on any atom is 0.262 e. The lowest BCUT2D eigenvalue weighted by Crippen LogP contribution is -2.50. The molecule has 0 aromatic heterocycles. The molecular formula is C17H15IN2O3. The number of rotatable bonds is 2. The third-order valence-corrected chi connectivity index (χ3v) is 4.30. The maximum atomic E-state index is 12.9. The van der Waals surface area contributed by atoms with Crippen LogP contribution in [0, 0.1) is 3.57 Å². The van der Waals surface area contributed by atoms with Crippen molar-refractivity contribution < 1.29 is 14.3 Å². The van der Waals surface area contributed by atoms with Crippen LogP contribution in [0.4, 0.5) is 5.69 Å². The van der Waals surface area contributed by atoms with Gasteiger partial charge >= 0.3 is 0 Å². The topological polar surface area (TPSA) is 58.6 Å². The van der Waals surface area contributed by atoms with Gasteiger partial charge in [-0.25, -0.2) is 0 Å². The Labute approximate surface area is 147 Å². The van der Waals surface area contributed by atoms with Crippen molar-refractivity contribution in [3.8, 4) is 5.75 Å². The number of amides is 2. The van der Waals surface area contributed by atoms with E-state index in [1.54, 1.807) is 24.1 Å². The number of hydrogen-bond donors (Lipinski definition) is 1. The van der Waals surface area contributed by atoms with Crippen LogP contribution >= 0.6 is 22.6 Å². The first-order chi connectivity index (χ1) is 11.1. The van der Waals surface area contributed by atoms with E-state index >= 15 is 0 Å². The van der Waals surface area contributed by atoms with Gasteiger partial charge in [0.25, 0.3) is 11.8 Å². The molecule has 23 heavy (non-hydrogen) atoms. The molecule has 1 aliphatic rings. The summed E-state index contributed by atoms with van der Waals surface area (Å²) in [5, 5.41) is 2.57. The molecule has 1 heterocycles. The fourth-order valence-corrected chi connectivity index (χ4v) is 3.04. The monoisotopic (exact) mass is 422 g/mol. The number of fused-ring (bicyclic) bond motifs is 1. The fourth-order valence-electron chi connectivity index (χ4n) is 2.50. The van der Waals surface area contributed by atoms with Gasteiger partial charge in [-0.1, -0.05) is 18.2 Å². The van der Waals surface area contributed by atoms with Gasteiger partial charge in [0.05, 0.1) is 12.2 Å². The molecule has 6 heteroatoms. The highest BCUT2D eigenvalue weighted by atomic mass is 127. The summed E-state index contributed by atoms with van der Waals surface area (Å²) in [6, 6.07) is 14.6. The lowest BCUT2D eigenvalue weighted by Gasteiger charge is -2.34. The van der Waals surface area contributed by atoms with Crippen LogP contribution in [0.3, 0.4) is 0 Å². The quantitative estimate of drug-likeness (QED) is 0.757. The van der Waals surface area contributed by atoms with Gasteiger partial charge in [0, 0.05) is 16.2 Å². The Balaban J connectivity index is 1.99. The van der Waals surface area contributed by atoms with Crippen LogP contribution in [0.1, 0.15) is 10.4 Å². The number of benzene rings is 2. The Hall–Kier alpha value is -2.09. The first-order valence-electron chi connectivity index (χ1n) is 7.15. The van der Waals surface area contributed by atoms with E-state index in [1.807, 2.05) is 36.4 Å². The van der Waals surface area contributed by atoms with Crippen LogP contribution in [-0.2, 0) is 4.79 Å². The number of nitrogens with zero attached hydrogens (tertiary/aromatic N) is 1. The zero-order chi connectivity index (χ0) is 16.4. The Morgan fingerprint density at radius 1 is 1.22 bits per heavy atom. The minimum Gasteiger partial charge on any atom is -0.477 e. The van der Waals surface area contributed by atoms with E-state index in [-0.39, 0.29) is 18.4 Å². The van der Waals surface area contributed by atoms with Gasteiger partial charge in [0.15, 0.2) is 6.10 Å². The smallest absolute Gasteiger partial charge is 0.262 e. The number of carbonyl (C=O) groups excluding carboxylic acids is 2. The summed E-state index contributed by atoms with van der Waals surface area (Å²) in [4.78, 5) is 26.5. The molecule has 0 saturated heterocycles. The molecule has 2 aromatic carbocycles. The van der Waals surface area contributed by atoms with Gasteiger partial charge in [0.2, 0.25) is 0 Å². The number of ether oxygens (including phenoxy) is 1. The van der Waals surface area contributed by atoms with E-state index in [9.17, 15) is 9.59 Å². The highest BCUT2D eigenvalue weighted by molar-refractivity contribution is 14.1. The molecule has 0 bridgehead atoms. The largest absolute Gasteiger partial charge is 0.477 e. The lowest BCUT2D eigenvalue weighted by atomic mass is 10.1. The minimum absolute atomic E-state index is 0.145. The number of para-hydroxylation sites is 2. The molecule has 1 N–H and O–H groups in total. The molecule has 0 radical (unpaired) electrons. The molecule has 5 nitrogen and oxygen atoms in total. The average molecular weight is 422 g/mol. The van der Waals surface area contributed by atoms with E-state index in [4.69, 9.17) is 4.74 Å². The Bertz CT molecular complexity index is 763. The first-order valence-corrected chi connectivity index (χ1v) is 8.22. The van der Waals surface area contributed by atoms with E-state index in [0.29, 0.717) is 17.0 Å². The zero-order valence-electron chi connectivity index (χ0n) is 12.5. The first kappa shape index (κ1) is 15.8. The highest BCUT2D eigenvalue weighted by Gasteiger charge is 2.33. The summed E-state index contributed by atoms with van der Waals surface area (Å²) in [6.45, 7) is 0.182. The molecule has 0 fully saturated rings. The Morgan fingerprint density at radius 2 is 2.00 bits per heavy atom. The van der Waals surface area contributed by atoms with E-state index in [1.165, 1.54) is 0 Å².